The minimum absolute atomic E-state index is 0.128. The molecule has 0 saturated carbocycles. The van der Waals surface area contributed by atoms with Crippen LogP contribution in [0.5, 0.6) is 0 Å². The van der Waals surface area contributed by atoms with Gasteiger partial charge in [0.1, 0.15) is 0 Å². The molecule has 2 heterocycles. The van der Waals surface area contributed by atoms with Crippen molar-refractivity contribution in [3.8, 4) is 0 Å². The fourth-order valence-electron chi connectivity index (χ4n) is 3.84. The number of rotatable bonds is 3. The fraction of sp³-hybridized carbons (Fsp3) is 0.579. The van der Waals surface area contributed by atoms with E-state index in [2.05, 4.69) is 17.1 Å². The molecule has 2 amide bonds. The average molecular weight is 344 g/mol. The Balaban J connectivity index is 1.65. The number of hydrogen-bond donors (Lipinski definition) is 1. The van der Waals surface area contributed by atoms with Gasteiger partial charge in [-0.05, 0) is 50.1 Å². The first-order valence-electron chi connectivity index (χ1n) is 9.13. The van der Waals surface area contributed by atoms with Crippen LogP contribution in [0, 0.1) is 0 Å². The van der Waals surface area contributed by atoms with Crippen LogP contribution in [0.15, 0.2) is 24.3 Å². The average Bonchev–Trinajstić information content (AvgIpc) is 3.07. The normalized spacial score (nSPS) is 23.2. The maximum atomic E-state index is 12.7. The molecule has 2 unspecified atom stereocenters. The van der Waals surface area contributed by atoms with E-state index >= 15 is 0 Å². The van der Waals surface area contributed by atoms with Crippen LogP contribution in [0.2, 0.25) is 0 Å². The number of anilines is 2. The zero-order valence-electron chi connectivity index (χ0n) is 15.4. The molecule has 0 aliphatic carbocycles. The van der Waals surface area contributed by atoms with E-state index in [1.54, 1.807) is 4.90 Å². The molecular formula is C19H28N4O2. The second-order valence-corrected chi connectivity index (χ2v) is 7.21. The SMILES string of the molecule is CCC1CN2CCCC2CN1C(=O)C(=O)Nc1ccc(N(C)C)cc1. The van der Waals surface area contributed by atoms with Gasteiger partial charge in [-0.1, -0.05) is 6.92 Å². The minimum Gasteiger partial charge on any atom is -0.378 e. The van der Waals surface area contributed by atoms with Crippen molar-refractivity contribution in [3.63, 3.8) is 0 Å². The number of amides is 2. The first-order chi connectivity index (χ1) is 12.0. The highest BCUT2D eigenvalue weighted by molar-refractivity contribution is 6.39. The van der Waals surface area contributed by atoms with E-state index in [4.69, 9.17) is 0 Å². The van der Waals surface area contributed by atoms with Crippen molar-refractivity contribution in [2.24, 2.45) is 0 Å². The predicted octanol–water partition coefficient (Wildman–Crippen LogP) is 1.78. The van der Waals surface area contributed by atoms with Gasteiger partial charge in [0.25, 0.3) is 0 Å². The van der Waals surface area contributed by atoms with Gasteiger partial charge < -0.3 is 15.1 Å². The molecule has 25 heavy (non-hydrogen) atoms. The Morgan fingerprint density at radius 1 is 1.20 bits per heavy atom. The highest BCUT2D eigenvalue weighted by Gasteiger charge is 2.39. The zero-order chi connectivity index (χ0) is 18.0. The number of benzene rings is 1. The third-order valence-corrected chi connectivity index (χ3v) is 5.36. The Hall–Kier alpha value is -2.08. The number of nitrogens with one attached hydrogen (secondary N) is 1. The molecule has 0 aromatic heterocycles. The lowest BCUT2D eigenvalue weighted by Gasteiger charge is -2.43. The van der Waals surface area contributed by atoms with Gasteiger partial charge in [0, 0.05) is 50.6 Å². The molecule has 1 N–H and O–H groups in total. The number of nitrogens with zero attached hydrogens (tertiary/aromatic N) is 3. The van der Waals surface area contributed by atoms with Gasteiger partial charge in [-0.25, -0.2) is 0 Å². The van der Waals surface area contributed by atoms with Gasteiger partial charge in [0.2, 0.25) is 0 Å². The lowest BCUT2D eigenvalue weighted by molar-refractivity contribution is -0.147. The van der Waals surface area contributed by atoms with Gasteiger partial charge in [-0.2, -0.15) is 0 Å². The summed E-state index contributed by atoms with van der Waals surface area (Å²) in [7, 11) is 3.93. The molecule has 2 fully saturated rings. The highest BCUT2D eigenvalue weighted by atomic mass is 16.2. The van der Waals surface area contributed by atoms with Crippen molar-refractivity contribution in [2.75, 3.05) is 43.9 Å². The van der Waals surface area contributed by atoms with Crippen molar-refractivity contribution in [2.45, 2.75) is 38.3 Å². The third-order valence-electron chi connectivity index (χ3n) is 5.36. The van der Waals surface area contributed by atoms with Crippen LogP contribution in [-0.4, -0.2) is 67.4 Å². The Morgan fingerprint density at radius 3 is 2.56 bits per heavy atom. The molecule has 0 spiro atoms. The monoisotopic (exact) mass is 344 g/mol. The van der Waals surface area contributed by atoms with Gasteiger partial charge in [0.15, 0.2) is 0 Å². The Labute approximate surface area is 149 Å². The summed E-state index contributed by atoms with van der Waals surface area (Å²) in [5.74, 6) is -0.947. The van der Waals surface area contributed by atoms with E-state index in [0.717, 1.165) is 31.6 Å². The molecule has 2 atom stereocenters. The van der Waals surface area contributed by atoms with E-state index in [0.29, 0.717) is 18.3 Å². The van der Waals surface area contributed by atoms with Gasteiger partial charge in [-0.3, -0.25) is 14.5 Å². The smallest absolute Gasteiger partial charge is 0.313 e. The third kappa shape index (κ3) is 3.79. The minimum atomic E-state index is -0.539. The van der Waals surface area contributed by atoms with Crippen LogP contribution in [-0.2, 0) is 9.59 Å². The van der Waals surface area contributed by atoms with Crippen LogP contribution in [0.25, 0.3) is 0 Å². The van der Waals surface area contributed by atoms with Crippen molar-refractivity contribution < 1.29 is 9.59 Å². The summed E-state index contributed by atoms with van der Waals surface area (Å²) >= 11 is 0. The molecular weight excluding hydrogens is 316 g/mol. The standard InChI is InChI=1S/C19H28N4O2/c1-4-15-12-22-11-5-6-17(22)13-23(15)19(25)18(24)20-14-7-9-16(10-8-14)21(2)3/h7-10,15,17H,4-6,11-13H2,1-3H3,(H,20,24). The first-order valence-corrected chi connectivity index (χ1v) is 9.13. The van der Waals surface area contributed by atoms with Crippen LogP contribution in [0.3, 0.4) is 0 Å². The summed E-state index contributed by atoms with van der Waals surface area (Å²) in [5.41, 5.74) is 1.70. The fourth-order valence-corrected chi connectivity index (χ4v) is 3.84. The van der Waals surface area contributed by atoms with Crippen LogP contribution in [0.1, 0.15) is 26.2 Å². The summed E-state index contributed by atoms with van der Waals surface area (Å²) in [5, 5.41) is 2.75. The van der Waals surface area contributed by atoms with Crippen LogP contribution in [0.4, 0.5) is 11.4 Å². The van der Waals surface area contributed by atoms with Crippen LogP contribution < -0.4 is 10.2 Å². The van der Waals surface area contributed by atoms with E-state index in [1.807, 2.05) is 43.3 Å². The van der Waals surface area contributed by atoms with Crippen molar-refractivity contribution in [1.29, 1.82) is 0 Å². The highest BCUT2D eigenvalue weighted by Crippen LogP contribution is 2.26. The molecule has 2 saturated heterocycles. The summed E-state index contributed by atoms with van der Waals surface area (Å²) in [6.45, 7) is 4.76. The number of carbonyl (C=O) groups excluding carboxylic acids is 2. The quantitative estimate of drug-likeness (QED) is 0.849. The van der Waals surface area contributed by atoms with Gasteiger partial charge >= 0.3 is 11.8 Å². The molecule has 1 aromatic rings. The lowest BCUT2D eigenvalue weighted by Crippen LogP contribution is -2.59. The Bertz CT molecular complexity index is 629. The Kier molecular flexibility index (Phi) is 5.27. The van der Waals surface area contributed by atoms with E-state index < -0.39 is 11.8 Å². The molecule has 0 radical (unpaired) electrons. The number of hydrogen-bond acceptors (Lipinski definition) is 4. The second-order valence-electron chi connectivity index (χ2n) is 7.21. The van der Waals surface area contributed by atoms with Crippen LogP contribution >= 0.6 is 0 Å². The number of carbonyl (C=O) groups is 2. The zero-order valence-corrected chi connectivity index (χ0v) is 15.4. The second kappa shape index (κ2) is 7.44. The molecule has 2 aliphatic heterocycles. The van der Waals surface area contributed by atoms with Crippen molar-refractivity contribution >= 4 is 23.2 Å². The molecule has 1 aromatic carbocycles. The molecule has 6 heteroatoms. The molecule has 6 nitrogen and oxygen atoms in total. The van der Waals surface area contributed by atoms with Crippen molar-refractivity contribution in [3.05, 3.63) is 24.3 Å². The summed E-state index contributed by atoms with van der Waals surface area (Å²) in [6, 6.07) is 8.04. The largest absolute Gasteiger partial charge is 0.378 e. The first kappa shape index (κ1) is 17.7. The van der Waals surface area contributed by atoms with Gasteiger partial charge in [-0.15, -0.1) is 0 Å². The van der Waals surface area contributed by atoms with E-state index in [1.165, 1.54) is 6.42 Å². The number of fused-ring (bicyclic) bond motifs is 1. The predicted molar refractivity (Wildman–Crippen MR) is 99.8 cm³/mol. The molecule has 3 rings (SSSR count). The lowest BCUT2D eigenvalue weighted by atomic mass is 10.0. The summed E-state index contributed by atoms with van der Waals surface area (Å²) in [6.07, 6.45) is 3.18. The number of piperazine rings is 1. The summed E-state index contributed by atoms with van der Waals surface area (Å²) in [4.78, 5) is 31.4. The van der Waals surface area contributed by atoms with E-state index in [9.17, 15) is 9.59 Å². The van der Waals surface area contributed by atoms with Crippen molar-refractivity contribution in [1.82, 2.24) is 9.80 Å². The molecule has 2 aliphatic rings. The maximum Gasteiger partial charge on any atom is 0.313 e. The Morgan fingerprint density at radius 2 is 1.92 bits per heavy atom. The topological polar surface area (TPSA) is 55.9 Å². The summed E-state index contributed by atoms with van der Waals surface area (Å²) < 4.78 is 0. The maximum absolute atomic E-state index is 12.7. The van der Waals surface area contributed by atoms with Gasteiger partial charge in [0.05, 0.1) is 0 Å². The molecule has 136 valence electrons. The molecule has 0 bridgehead atoms. The van der Waals surface area contributed by atoms with E-state index in [-0.39, 0.29) is 6.04 Å².